The topological polar surface area (TPSA) is 66.2 Å². The number of pyridine rings is 1. The van der Waals surface area contributed by atoms with E-state index in [1.54, 1.807) is 4.68 Å². The lowest BCUT2D eigenvalue weighted by Gasteiger charge is -2.46. The number of aromatic hydroxyl groups is 1. The summed E-state index contributed by atoms with van der Waals surface area (Å²) in [5.74, 6) is 1.92. The molecule has 5 heterocycles. The highest BCUT2D eigenvalue weighted by molar-refractivity contribution is 6.05. The number of phenolic OH excluding ortho intramolecular Hbond substituents is 1. The summed E-state index contributed by atoms with van der Waals surface area (Å²) in [6.07, 6.45) is 9.71. The summed E-state index contributed by atoms with van der Waals surface area (Å²) in [4.78, 5) is 7.11. The van der Waals surface area contributed by atoms with Crippen molar-refractivity contribution in [2.75, 3.05) is 18.0 Å². The Morgan fingerprint density at radius 1 is 1.16 bits per heavy atom. The molecule has 2 aromatic carbocycles. The van der Waals surface area contributed by atoms with E-state index in [1.807, 2.05) is 6.92 Å². The second-order valence-electron chi connectivity index (χ2n) is 10.8. The molecule has 8 heteroatoms. The molecule has 0 radical (unpaired) electrons. The number of terminal acetylenes is 1. The van der Waals surface area contributed by atoms with E-state index in [4.69, 9.17) is 16.5 Å². The second-order valence-corrected chi connectivity index (χ2v) is 10.8. The molecule has 1 saturated carbocycles. The van der Waals surface area contributed by atoms with Crippen LogP contribution in [0.5, 0.6) is 5.75 Å². The third-order valence-corrected chi connectivity index (χ3v) is 8.14. The largest absolute Gasteiger partial charge is 0.508 e. The summed E-state index contributed by atoms with van der Waals surface area (Å²) in [6, 6.07) is 6.43. The Balaban J connectivity index is 1.56. The summed E-state index contributed by atoms with van der Waals surface area (Å²) < 4.78 is 33.4. The number of rotatable bonds is 4. The molecule has 0 unspecified atom stereocenters. The maximum atomic E-state index is 16.8. The van der Waals surface area contributed by atoms with Gasteiger partial charge in [-0.1, -0.05) is 18.6 Å². The van der Waals surface area contributed by atoms with Gasteiger partial charge in [0, 0.05) is 36.1 Å². The number of nitrogens with zero attached hydrogens (tertiary/aromatic N) is 4. The van der Waals surface area contributed by atoms with Gasteiger partial charge in [0.25, 0.3) is 0 Å². The van der Waals surface area contributed by atoms with E-state index in [1.165, 1.54) is 24.3 Å². The van der Waals surface area contributed by atoms with Crippen LogP contribution in [-0.4, -0.2) is 45.0 Å². The zero-order valence-electron chi connectivity index (χ0n) is 21.1. The molecule has 2 atom stereocenters. The van der Waals surface area contributed by atoms with Crippen molar-refractivity contribution in [3.05, 3.63) is 53.7 Å². The van der Waals surface area contributed by atoms with Crippen molar-refractivity contribution in [3.63, 3.8) is 0 Å². The molecule has 6 nitrogen and oxygen atoms in total. The predicted octanol–water partition coefficient (Wildman–Crippen LogP) is 5.53. The molecule has 8 rings (SSSR count). The molecule has 0 amide bonds. The molecule has 1 aliphatic carbocycles. The van der Waals surface area contributed by atoms with Crippen LogP contribution in [0.15, 0.2) is 30.8 Å². The van der Waals surface area contributed by atoms with Crippen LogP contribution in [0.25, 0.3) is 38.5 Å². The highest BCUT2D eigenvalue weighted by Crippen LogP contribution is 2.46. The Morgan fingerprint density at radius 2 is 1.95 bits per heavy atom. The first-order valence-electron chi connectivity index (χ1n) is 13.1. The third-order valence-electron chi connectivity index (χ3n) is 8.14. The number of piperazine rings is 1. The highest BCUT2D eigenvalue weighted by atomic mass is 19.1. The maximum absolute atomic E-state index is 16.8. The number of anilines is 1. The molecule has 0 spiro atoms. The van der Waals surface area contributed by atoms with Crippen LogP contribution in [0.3, 0.4) is 0 Å². The van der Waals surface area contributed by atoms with E-state index < -0.39 is 11.6 Å². The average molecular weight is 512 g/mol. The lowest BCUT2D eigenvalue weighted by molar-refractivity contribution is 0.289. The fraction of sp³-hybridized carbons (Fsp3) is 0.333. The number of halogens is 2. The third kappa shape index (κ3) is 3.35. The first-order chi connectivity index (χ1) is 18.4. The standard InChI is InChI=1S/C30H27F2N5O/c1-4-21-23(31)10-5-16-11-20(38)12-22(24(16)21)28-26(32)29-25(27(34-28)15(2)3)30(35-37(29)18-8-9-18)36-14-17-6-7-19(36)13-33-17/h1,5,10-12,17-19,33,38H,2,6-9,13-14H2,3H3/t17-,19-/m0/s1. The second kappa shape index (κ2) is 8.27. The number of phenols is 1. The van der Waals surface area contributed by atoms with Gasteiger partial charge in [0.1, 0.15) is 22.8 Å². The molecular formula is C30H27F2N5O. The van der Waals surface area contributed by atoms with Crippen molar-refractivity contribution < 1.29 is 13.9 Å². The zero-order valence-corrected chi connectivity index (χ0v) is 21.1. The Bertz CT molecular complexity index is 1710. The van der Waals surface area contributed by atoms with Gasteiger partial charge in [0.2, 0.25) is 0 Å². The average Bonchev–Trinajstić information content (AvgIpc) is 3.68. The molecule has 3 aliphatic heterocycles. The molecule has 4 fully saturated rings. The van der Waals surface area contributed by atoms with Gasteiger partial charge in [-0.15, -0.1) is 6.42 Å². The quantitative estimate of drug-likeness (QED) is 0.353. The summed E-state index contributed by atoms with van der Waals surface area (Å²) in [7, 11) is 0. The number of hydrogen-bond acceptors (Lipinski definition) is 5. The van der Waals surface area contributed by atoms with E-state index in [9.17, 15) is 9.50 Å². The fourth-order valence-electron chi connectivity index (χ4n) is 6.17. The monoisotopic (exact) mass is 511 g/mol. The Kier molecular flexibility index (Phi) is 5.04. The van der Waals surface area contributed by atoms with Crippen LogP contribution in [0.4, 0.5) is 14.6 Å². The Hall–Kier alpha value is -3.96. The number of nitrogens with one attached hydrogen (secondary N) is 1. The van der Waals surface area contributed by atoms with Gasteiger partial charge in [-0.05, 0) is 61.8 Å². The molecule has 4 aliphatic rings. The Labute approximate surface area is 219 Å². The Morgan fingerprint density at radius 3 is 2.58 bits per heavy atom. The molecule has 2 N–H and O–H groups in total. The van der Waals surface area contributed by atoms with Crippen LogP contribution >= 0.6 is 0 Å². The van der Waals surface area contributed by atoms with Gasteiger partial charge in [-0.25, -0.2) is 13.8 Å². The molecule has 4 aromatic rings. The first kappa shape index (κ1) is 23.2. The van der Waals surface area contributed by atoms with E-state index in [0.717, 1.165) is 44.6 Å². The lowest BCUT2D eigenvalue weighted by Crippen LogP contribution is -2.61. The van der Waals surface area contributed by atoms with Crippen LogP contribution in [0.2, 0.25) is 0 Å². The first-order valence-corrected chi connectivity index (χ1v) is 13.1. The number of hydrogen-bond donors (Lipinski definition) is 2. The number of aromatic nitrogens is 3. The molecule has 3 saturated heterocycles. The summed E-state index contributed by atoms with van der Waals surface area (Å²) in [5, 5.41) is 20.6. The van der Waals surface area contributed by atoms with Gasteiger partial charge < -0.3 is 15.3 Å². The van der Waals surface area contributed by atoms with Crippen molar-refractivity contribution in [2.24, 2.45) is 0 Å². The minimum absolute atomic E-state index is 0.00361. The van der Waals surface area contributed by atoms with Crippen molar-refractivity contribution >= 4 is 33.1 Å². The molecule has 2 bridgehead atoms. The molecule has 192 valence electrons. The summed E-state index contributed by atoms with van der Waals surface area (Å²) in [6.45, 7) is 7.70. The van der Waals surface area contributed by atoms with Crippen LogP contribution in [0, 0.1) is 24.0 Å². The number of allylic oxidation sites excluding steroid dienone is 1. The van der Waals surface area contributed by atoms with Crippen molar-refractivity contribution in [1.82, 2.24) is 20.1 Å². The minimum Gasteiger partial charge on any atom is -0.508 e. The van der Waals surface area contributed by atoms with E-state index in [2.05, 4.69) is 22.7 Å². The number of piperidine rings is 2. The SMILES string of the molecule is C#Cc1c(F)ccc2cc(O)cc(-c3nc(C(=C)C)c4c(N5C[C@@H]6CC[C@H]5CN6)nn(C5CC5)c4c3F)c12. The molecule has 38 heavy (non-hydrogen) atoms. The zero-order chi connectivity index (χ0) is 26.3. The van der Waals surface area contributed by atoms with Crippen molar-refractivity contribution in [1.29, 1.82) is 0 Å². The minimum atomic E-state index is -0.590. The maximum Gasteiger partial charge on any atom is 0.175 e. The lowest BCUT2D eigenvalue weighted by atomic mass is 9.92. The van der Waals surface area contributed by atoms with Gasteiger partial charge in [0.05, 0.1) is 22.7 Å². The van der Waals surface area contributed by atoms with Gasteiger partial charge in [-0.3, -0.25) is 4.68 Å². The summed E-state index contributed by atoms with van der Waals surface area (Å²) >= 11 is 0. The van der Waals surface area contributed by atoms with Crippen molar-refractivity contribution in [3.8, 4) is 29.4 Å². The van der Waals surface area contributed by atoms with E-state index in [0.29, 0.717) is 39.0 Å². The number of benzene rings is 2. The van der Waals surface area contributed by atoms with Gasteiger partial charge in [0.15, 0.2) is 11.6 Å². The molecular weight excluding hydrogens is 484 g/mol. The van der Waals surface area contributed by atoms with E-state index >= 15 is 4.39 Å². The predicted molar refractivity (Wildman–Crippen MR) is 145 cm³/mol. The van der Waals surface area contributed by atoms with Crippen molar-refractivity contribution in [2.45, 2.75) is 50.7 Å². The smallest absolute Gasteiger partial charge is 0.175 e. The van der Waals surface area contributed by atoms with Crippen LogP contribution < -0.4 is 10.2 Å². The normalized spacial score (nSPS) is 20.8. The number of fused-ring (bicyclic) bond motifs is 5. The van der Waals surface area contributed by atoms with Crippen LogP contribution in [-0.2, 0) is 0 Å². The fourth-order valence-corrected chi connectivity index (χ4v) is 6.17. The molecule has 2 aromatic heterocycles. The van der Waals surface area contributed by atoms with Gasteiger partial charge >= 0.3 is 0 Å². The highest BCUT2D eigenvalue weighted by Gasteiger charge is 2.39. The van der Waals surface area contributed by atoms with E-state index in [-0.39, 0.29) is 34.7 Å². The van der Waals surface area contributed by atoms with Gasteiger partial charge in [-0.2, -0.15) is 5.10 Å². The summed E-state index contributed by atoms with van der Waals surface area (Å²) in [5.41, 5.74) is 1.82. The van der Waals surface area contributed by atoms with Crippen LogP contribution in [0.1, 0.15) is 49.9 Å².